The van der Waals surface area contributed by atoms with E-state index >= 15 is 0 Å². The van der Waals surface area contributed by atoms with Gasteiger partial charge in [-0.25, -0.2) is 14.5 Å². The van der Waals surface area contributed by atoms with Crippen LogP contribution in [-0.4, -0.2) is 37.7 Å². The smallest absolute Gasteiger partial charge is 0.156 e. The van der Waals surface area contributed by atoms with Gasteiger partial charge in [-0.3, -0.25) is 4.98 Å². The summed E-state index contributed by atoms with van der Waals surface area (Å²) >= 11 is 1.76. The van der Waals surface area contributed by atoms with Gasteiger partial charge in [0.2, 0.25) is 0 Å². The minimum absolute atomic E-state index is 0.582. The zero-order chi connectivity index (χ0) is 17.7. The molecule has 4 aromatic heterocycles. The molecule has 0 aliphatic carbocycles. The molecular formula is C19H20N6S. The van der Waals surface area contributed by atoms with Gasteiger partial charge in [-0.1, -0.05) is 0 Å². The Morgan fingerprint density at radius 1 is 1.19 bits per heavy atom. The average Bonchev–Trinajstić information content (AvgIpc) is 3.24. The lowest BCUT2D eigenvalue weighted by molar-refractivity contribution is 0.466. The predicted octanol–water partition coefficient (Wildman–Crippen LogP) is 3.48. The largest absolute Gasteiger partial charge is 0.316 e. The first kappa shape index (κ1) is 15.8. The molecule has 0 bridgehead atoms. The number of aryl methyl sites for hydroxylation is 2. The molecule has 5 rings (SSSR count). The van der Waals surface area contributed by atoms with Crippen LogP contribution in [0.3, 0.4) is 0 Å². The summed E-state index contributed by atoms with van der Waals surface area (Å²) in [7, 11) is 0. The van der Waals surface area contributed by atoms with E-state index in [0.717, 1.165) is 51.7 Å². The Morgan fingerprint density at radius 3 is 2.96 bits per heavy atom. The number of nitrogens with zero attached hydrogens (tertiary/aromatic N) is 5. The van der Waals surface area contributed by atoms with Crippen molar-refractivity contribution in [3.05, 3.63) is 40.7 Å². The Bertz CT molecular complexity index is 1110. The van der Waals surface area contributed by atoms with E-state index in [-0.39, 0.29) is 0 Å². The molecule has 1 saturated heterocycles. The van der Waals surface area contributed by atoms with E-state index in [1.807, 2.05) is 29.9 Å². The van der Waals surface area contributed by atoms with Crippen LogP contribution in [-0.2, 0) is 0 Å². The van der Waals surface area contributed by atoms with E-state index in [0.29, 0.717) is 5.92 Å². The number of hydrogen-bond donors (Lipinski definition) is 1. The lowest BCUT2D eigenvalue weighted by Crippen LogP contribution is -2.27. The molecular weight excluding hydrogens is 344 g/mol. The maximum Gasteiger partial charge on any atom is 0.156 e. The van der Waals surface area contributed by atoms with Crippen molar-refractivity contribution in [2.75, 3.05) is 13.1 Å². The molecule has 0 radical (unpaired) electrons. The monoisotopic (exact) mass is 364 g/mol. The van der Waals surface area contributed by atoms with Gasteiger partial charge in [-0.05, 0) is 50.9 Å². The van der Waals surface area contributed by atoms with Crippen molar-refractivity contribution in [2.45, 2.75) is 32.6 Å². The third-order valence-electron chi connectivity index (χ3n) is 4.95. The minimum Gasteiger partial charge on any atom is -0.316 e. The van der Waals surface area contributed by atoms with Crippen LogP contribution >= 0.6 is 11.3 Å². The van der Waals surface area contributed by atoms with E-state index in [2.05, 4.69) is 33.4 Å². The number of fused-ring (bicyclic) bond motifs is 2. The molecule has 0 amide bonds. The first-order valence-corrected chi connectivity index (χ1v) is 9.80. The van der Waals surface area contributed by atoms with E-state index in [1.165, 1.54) is 17.7 Å². The summed E-state index contributed by atoms with van der Waals surface area (Å²) in [4.78, 5) is 16.4. The van der Waals surface area contributed by atoms with Gasteiger partial charge in [-0.2, -0.15) is 5.10 Å². The van der Waals surface area contributed by atoms with Crippen LogP contribution in [0.4, 0.5) is 0 Å². The molecule has 0 spiro atoms. The van der Waals surface area contributed by atoms with Crippen LogP contribution in [0, 0.1) is 13.8 Å². The molecule has 1 fully saturated rings. The summed E-state index contributed by atoms with van der Waals surface area (Å²) < 4.78 is 1.83. The average molecular weight is 364 g/mol. The summed E-state index contributed by atoms with van der Waals surface area (Å²) in [6.07, 6.45) is 6.25. The van der Waals surface area contributed by atoms with Crippen LogP contribution < -0.4 is 5.32 Å². The van der Waals surface area contributed by atoms with Crippen molar-refractivity contribution in [1.82, 2.24) is 29.9 Å². The van der Waals surface area contributed by atoms with Gasteiger partial charge in [0.15, 0.2) is 5.65 Å². The number of hydrogen-bond acceptors (Lipinski definition) is 6. The Balaban J connectivity index is 1.56. The number of nitrogens with one attached hydrogen (secondary N) is 1. The SMILES string of the molecule is Cc1cn2nc(-c3cnc4cc([C@H]5CCCNC5)sc4n3)cc(C)c2n1. The molecule has 1 aliphatic heterocycles. The van der Waals surface area contributed by atoms with Gasteiger partial charge in [0.25, 0.3) is 0 Å². The van der Waals surface area contributed by atoms with Crippen LogP contribution in [0.2, 0.25) is 0 Å². The fraction of sp³-hybridized carbons (Fsp3) is 0.368. The fourth-order valence-electron chi connectivity index (χ4n) is 3.62. The molecule has 1 N–H and O–H groups in total. The van der Waals surface area contributed by atoms with Crippen molar-refractivity contribution in [1.29, 1.82) is 0 Å². The molecule has 1 aliphatic rings. The van der Waals surface area contributed by atoms with Crippen molar-refractivity contribution >= 4 is 27.3 Å². The second-order valence-corrected chi connectivity index (χ2v) is 8.06. The maximum atomic E-state index is 4.86. The van der Waals surface area contributed by atoms with Crippen molar-refractivity contribution in [3.8, 4) is 11.4 Å². The first-order valence-electron chi connectivity index (χ1n) is 8.98. The Kier molecular flexibility index (Phi) is 3.72. The standard InChI is InChI=1S/C19H20N6S/c1-11-6-14(24-25-10-12(2)22-18(11)25)16-9-21-15-7-17(26-19(15)23-16)13-4-3-5-20-8-13/h6-7,9-10,13,20H,3-5,8H2,1-2H3/t13-/m0/s1. The molecule has 7 heteroatoms. The summed E-state index contributed by atoms with van der Waals surface area (Å²) in [5, 5.41) is 8.16. The Hall–Kier alpha value is -2.38. The highest BCUT2D eigenvalue weighted by molar-refractivity contribution is 7.18. The van der Waals surface area contributed by atoms with E-state index in [4.69, 9.17) is 4.98 Å². The van der Waals surface area contributed by atoms with Gasteiger partial charge in [0.05, 0.1) is 18.1 Å². The summed E-state index contributed by atoms with van der Waals surface area (Å²) in [6, 6.07) is 4.24. The third kappa shape index (κ3) is 2.68. The maximum absolute atomic E-state index is 4.86. The summed E-state index contributed by atoms with van der Waals surface area (Å²) in [5.41, 5.74) is 5.56. The van der Waals surface area contributed by atoms with E-state index in [1.54, 1.807) is 11.3 Å². The zero-order valence-corrected chi connectivity index (χ0v) is 15.7. The van der Waals surface area contributed by atoms with Crippen molar-refractivity contribution < 1.29 is 0 Å². The fourth-order valence-corrected chi connectivity index (χ4v) is 4.74. The van der Waals surface area contributed by atoms with Gasteiger partial charge < -0.3 is 5.32 Å². The van der Waals surface area contributed by atoms with Crippen LogP contribution in [0.5, 0.6) is 0 Å². The quantitative estimate of drug-likeness (QED) is 0.590. The Morgan fingerprint density at radius 2 is 2.12 bits per heavy atom. The lowest BCUT2D eigenvalue weighted by atomic mass is 9.98. The molecule has 5 heterocycles. The van der Waals surface area contributed by atoms with E-state index < -0.39 is 0 Å². The van der Waals surface area contributed by atoms with Crippen LogP contribution in [0.15, 0.2) is 24.5 Å². The van der Waals surface area contributed by atoms with Crippen LogP contribution in [0.1, 0.15) is 34.9 Å². The van der Waals surface area contributed by atoms with Gasteiger partial charge in [0, 0.05) is 17.3 Å². The molecule has 0 aromatic carbocycles. The summed E-state index contributed by atoms with van der Waals surface area (Å²) in [6.45, 7) is 6.21. The zero-order valence-electron chi connectivity index (χ0n) is 14.9. The van der Waals surface area contributed by atoms with Gasteiger partial charge >= 0.3 is 0 Å². The number of thiophene rings is 1. The highest BCUT2D eigenvalue weighted by atomic mass is 32.1. The van der Waals surface area contributed by atoms with E-state index in [9.17, 15) is 0 Å². The highest BCUT2D eigenvalue weighted by Gasteiger charge is 2.19. The first-order chi connectivity index (χ1) is 12.7. The van der Waals surface area contributed by atoms with Crippen molar-refractivity contribution in [2.24, 2.45) is 0 Å². The number of aromatic nitrogens is 5. The van der Waals surface area contributed by atoms with Gasteiger partial charge in [0.1, 0.15) is 21.7 Å². The third-order valence-corrected chi connectivity index (χ3v) is 6.13. The second kappa shape index (κ2) is 6.10. The molecule has 6 nitrogen and oxygen atoms in total. The molecule has 0 saturated carbocycles. The number of rotatable bonds is 2. The highest BCUT2D eigenvalue weighted by Crippen LogP contribution is 2.33. The second-order valence-electron chi connectivity index (χ2n) is 7.00. The topological polar surface area (TPSA) is 68.0 Å². The van der Waals surface area contributed by atoms with Crippen molar-refractivity contribution in [3.63, 3.8) is 0 Å². The molecule has 0 unspecified atom stereocenters. The molecule has 1 atom stereocenters. The van der Waals surface area contributed by atoms with Gasteiger partial charge in [-0.15, -0.1) is 11.3 Å². The molecule has 4 aromatic rings. The number of imidazole rings is 1. The number of piperidine rings is 1. The Labute approximate surface area is 155 Å². The normalized spacial score (nSPS) is 18.0. The molecule has 26 heavy (non-hydrogen) atoms. The molecule has 132 valence electrons. The lowest BCUT2D eigenvalue weighted by Gasteiger charge is -2.21. The minimum atomic E-state index is 0.582. The summed E-state index contributed by atoms with van der Waals surface area (Å²) in [5.74, 6) is 0.582. The predicted molar refractivity (Wildman–Crippen MR) is 104 cm³/mol. The van der Waals surface area contributed by atoms with Crippen LogP contribution in [0.25, 0.3) is 27.4 Å².